The second kappa shape index (κ2) is 4.68. The van der Waals surface area contributed by atoms with Crippen molar-refractivity contribution in [1.82, 2.24) is 0 Å². The van der Waals surface area contributed by atoms with Gasteiger partial charge in [0.1, 0.15) is 0 Å². The molecular weight excluding hydrogens is 210 g/mol. The normalized spacial score (nSPS) is 10.4. The molecule has 0 bridgehead atoms. The van der Waals surface area contributed by atoms with Crippen LogP contribution >= 0.6 is 0 Å². The summed E-state index contributed by atoms with van der Waals surface area (Å²) in [6, 6.07) is 5.46. The molecule has 0 aliphatic carbocycles. The van der Waals surface area contributed by atoms with Gasteiger partial charge in [0.25, 0.3) is 16.7 Å². The maximum absolute atomic E-state index is 10.3. The Labute approximate surface area is 81.4 Å². The van der Waals surface area contributed by atoms with Gasteiger partial charge < -0.3 is 0 Å². The van der Waals surface area contributed by atoms with Crippen LogP contribution in [0.15, 0.2) is 24.3 Å². The van der Waals surface area contributed by atoms with E-state index in [9.17, 15) is 18.5 Å². The molecule has 7 heteroatoms. The molecule has 1 aromatic rings. The van der Waals surface area contributed by atoms with Crippen LogP contribution in [-0.4, -0.2) is 13.3 Å². The smallest absolute Gasteiger partial charge is 0.267 e. The fourth-order valence-corrected chi connectivity index (χ4v) is 1.10. The SMILES string of the molecule is O=[N+]([O-])c1ccc(CO[SH](=O)=O)cc1. The van der Waals surface area contributed by atoms with Gasteiger partial charge in [-0.1, -0.05) is 0 Å². The fourth-order valence-electron chi connectivity index (χ4n) is 0.841. The maximum atomic E-state index is 10.3. The molecular formula is C7H7NO5S. The number of hydrogen-bond donors (Lipinski definition) is 1. The van der Waals surface area contributed by atoms with E-state index < -0.39 is 15.9 Å². The maximum Gasteiger partial charge on any atom is 0.269 e. The van der Waals surface area contributed by atoms with Gasteiger partial charge in [0.2, 0.25) is 0 Å². The summed E-state index contributed by atoms with van der Waals surface area (Å²) in [5.74, 6) is 0. The Morgan fingerprint density at radius 2 is 1.86 bits per heavy atom. The minimum atomic E-state index is -2.88. The highest BCUT2D eigenvalue weighted by Gasteiger charge is 2.03. The highest BCUT2D eigenvalue weighted by molar-refractivity contribution is 7.67. The summed E-state index contributed by atoms with van der Waals surface area (Å²) in [4.78, 5) is 9.73. The van der Waals surface area contributed by atoms with Crippen molar-refractivity contribution in [2.75, 3.05) is 0 Å². The van der Waals surface area contributed by atoms with E-state index in [2.05, 4.69) is 4.18 Å². The fraction of sp³-hybridized carbons (Fsp3) is 0.143. The molecule has 0 aliphatic heterocycles. The Balaban J connectivity index is 2.68. The Hall–Kier alpha value is -1.47. The molecule has 0 heterocycles. The zero-order chi connectivity index (χ0) is 10.6. The molecule has 14 heavy (non-hydrogen) atoms. The molecule has 76 valence electrons. The quantitative estimate of drug-likeness (QED) is 0.454. The van der Waals surface area contributed by atoms with Crippen LogP contribution in [0.4, 0.5) is 5.69 Å². The van der Waals surface area contributed by atoms with Gasteiger partial charge in [0.05, 0.1) is 11.5 Å². The number of hydrogen-bond acceptors (Lipinski definition) is 5. The van der Waals surface area contributed by atoms with E-state index in [-0.39, 0.29) is 12.3 Å². The molecule has 0 radical (unpaired) electrons. The van der Waals surface area contributed by atoms with Crippen molar-refractivity contribution < 1.29 is 17.5 Å². The summed E-state index contributed by atoms with van der Waals surface area (Å²) in [7, 11) is -2.88. The van der Waals surface area contributed by atoms with Crippen molar-refractivity contribution in [2.24, 2.45) is 0 Å². The van der Waals surface area contributed by atoms with E-state index in [0.29, 0.717) is 5.56 Å². The van der Waals surface area contributed by atoms with Crippen molar-refractivity contribution >= 4 is 16.7 Å². The van der Waals surface area contributed by atoms with E-state index in [1.807, 2.05) is 0 Å². The summed E-state index contributed by atoms with van der Waals surface area (Å²) in [5.41, 5.74) is 0.523. The number of rotatable bonds is 4. The van der Waals surface area contributed by atoms with Crippen LogP contribution in [-0.2, 0) is 21.8 Å². The van der Waals surface area contributed by atoms with Crippen LogP contribution < -0.4 is 0 Å². The molecule has 0 amide bonds. The summed E-state index contributed by atoms with van der Waals surface area (Å²) in [6.07, 6.45) is 0. The first-order chi connectivity index (χ1) is 6.59. The Morgan fingerprint density at radius 1 is 1.29 bits per heavy atom. The summed E-state index contributed by atoms with van der Waals surface area (Å²) < 4.78 is 24.4. The van der Waals surface area contributed by atoms with Crippen molar-refractivity contribution in [3.05, 3.63) is 39.9 Å². The summed E-state index contributed by atoms with van der Waals surface area (Å²) >= 11 is 0. The van der Waals surface area contributed by atoms with Gasteiger partial charge in [-0.2, -0.15) is 0 Å². The van der Waals surface area contributed by atoms with E-state index in [4.69, 9.17) is 0 Å². The number of nitro groups is 1. The molecule has 0 fully saturated rings. The Morgan fingerprint density at radius 3 is 2.29 bits per heavy atom. The summed E-state index contributed by atoms with van der Waals surface area (Å²) in [6.45, 7) is -0.100. The largest absolute Gasteiger partial charge is 0.269 e. The summed E-state index contributed by atoms with van der Waals surface area (Å²) in [5, 5.41) is 10.3. The number of non-ortho nitro benzene ring substituents is 1. The third-order valence-electron chi connectivity index (χ3n) is 1.48. The van der Waals surface area contributed by atoms with Crippen LogP contribution in [0.5, 0.6) is 0 Å². The topological polar surface area (TPSA) is 86.5 Å². The van der Waals surface area contributed by atoms with Crippen LogP contribution in [0.2, 0.25) is 0 Å². The van der Waals surface area contributed by atoms with E-state index in [1.54, 1.807) is 0 Å². The minimum absolute atomic E-state index is 0.0414. The van der Waals surface area contributed by atoms with Gasteiger partial charge in [0, 0.05) is 12.1 Å². The number of benzene rings is 1. The highest BCUT2D eigenvalue weighted by Crippen LogP contribution is 2.12. The predicted molar refractivity (Wildman–Crippen MR) is 48.2 cm³/mol. The van der Waals surface area contributed by atoms with Gasteiger partial charge in [-0.05, 0) is 17.7 Å². The monoisotopic (exact) mass is 217 g/mol. The average Bonchev–Trinajstić information content (AvgIpc) is 2.15. The molecule has 0 spiro atoms. The van der Waals surface area contributed by atoms with Gasteiger partial charge in [0.15, 0.2) is 0 Å². The zero-order valence-electron chi connectivity index (χ0n) is 6.95. The second-order valence-corrected chi connectivity index (χ2v) is 3.13. The standard InChI is InChI=1S/C7H7NO5S/c9-8(10)7-3-1-6(2-4-7)5-13-14(11)12/h1-4,14H,5H2. The van der Waals surface area contributed by atoms with Gasteiger partial charge in [-0.3, -0.25) is 14.3 Å². The van der Waals surface area contributed by atoms with Crippen LogP contribution in [0.25, 0.3) is 0 Å². The highest BCUT2D eigenvalue weighted by atomic mass is 32.2. The second-order valence-electron chi connectivity index (χ2n) is 2.42. The van der Waals surface area contributed by atoms with Gasteiger partial charge >= 0.3 is 0 Å². The first-order valence-electron chi connectivity index (χ1n) is 3.60. The van der Waals surface area contributed by atoms with Crippen molar-refractivity contribution in [3.63, 3.8) is 0 Å². The molecule has 1 rings (SSSR count). The first kappa shape index (κ1) is 10.6. The number of nitro benzene ring substituents is 1. The molecule has 0 atom stereocenters. The molecule has 0 N–H and O–H groups in total. The third kappa shape index (κ3) is 3.11. The molecule has 0 unspecified atom stereocenters. The molecule has 0 saturated carbocycles. The number of thiol groups is 1. The minimum Gasteiger partial charge on any atom is -0.267 e. The third-order valence-corrected chi connectivity index (χ3v) is 1.82. The lowest BCUT2D eigenvalue weighted by Crippen LogP contribution is -1.92. The van der Waals surface area contributed by atoms with E-state index in [1.165, 1.54) is 24.3 Å². The van der Waals surface area contributed by atoms with Gasteiger partial charge in [-0.15, -0.1) is 0 Å². The molecule has 0 aliphatic rings. The van der Waals surface area contributed by atoms with Crippen LogP contribution in [0.1, 0.15) is 5.56 Å². The molecule has 0 aromatic heterocycles. The van der Waals surface area contributed by atoms with Crippen molar-refractivity contribution in [3.8, 4) is 0 Å². The Kier molecular flexibility index (Phi) is 3.55. The predicted octanol–water partition coefficient (Wildman–Crippen LogP) is 0.638. The molecule has 1 aromatic carbocycles. The number of nitrogens with zero attached hydrogens (tertiary/aromatic N) is 1. The molecule has 6 nitrogen and oxygen atoms in total. The van der Waals surface area contributed by atoms with E-state index in [0.717, 1.165) is 0 Å². The van der Waals surface area contributed by atoms with Crippen LogP contribution in [0, 0.1) is 10.1 Å². The Bertz CT molecular complexity index is 389. The molecule has 0 saturated heterocycles. The lowest BCUT2D eigenvalue weighted by atomic mass is 10.2. The van der Waals surface area contributed by atoms with Gasteiger partial charge in [-0.25, -0.2) is 8.42 Å². The lowest BCUT2D eigenvalue weighted by Gasteiger charge is -1.96. The van der Waals surface area contributed by atoms with Crippen molar-refractivity contribution in [1.29, 1.82) is 0 Å². The van der Waals surface area contributed by atoms with Crippen molar-refractivity contribution in [2.45, 2.75) is 6.61 Å². The zero-order valence-corrected chi connectivity index (χ0v) is 7.85. The lowest BCUT2D eigenvalue weighted by molar-refractivity contribution is -0.384. The van der Waals surface area contributed by atoms with Crippen LogP contribution in [0.3, 0.4) is 0 Å². The van der Waals surface area contributed by atoms with E-state index >= 15 is 0 Å². The first-order valence-corrected chi connectivity index (χ1v) is 4.70. The average molecular weight is 217 g/mol.